The van der Waals surface area contributed by atoms with Gasteiger partial charge in [0.05, 0.1) is 12.0 Å². The normalized spacial score (nSPS) is 10.9. The van der Waals surface area contributed by atoms with Crippen molar-refractivity contribution in [3.63, 3.8) is 0 Å². The van der Waals surface area contributed by atoms with Gasteiger partial charge in [0.15, 0.2) is 0 Å². The van der Waals surface area contributed by atoms with Gasteiger partial charge < -0.3 is 15.4 Å². The topological polar surface area (TPSA) is 109 Å². The minimum atomic E-state index is -3.78. The number of nitrogens with zero attached hydrogens (tertiary/aromatic N) is 1. The van der Waals surface area contributed by atoms with Crippen molar-refractivity contribution in [3.05, 3.63) is 78.1 Å². The summed E-state index contributed by atoms with van der Waals surface area (Å²) >= 11 is 0. The van der Waals surface area contributed by atoms with Gasteiger partial charge in [-0.15, -0.1) is 0 Å². The van der Waals surface area contributed by atoms with Crippen molar-refractivity contribution in [2.45, 2.75) is 24.8 Å². The molecule has 8 nitrogen and oxygen atoms in total. The van der Waals surface area contributed by atoms with Crippen molar-refractivity contribution in [2.24, 2.45) is 0 Å². The van der Waals surface area contributed by atoms with E-state index in [1.54, 1.807) is 43.8 Å². The van der Waals surface area contributed by atoms with Gasteiger partial charge in [0, 0.05) is 30.3 Å². The first-order chi connectivity index (χ1) is 14.9. The van der Waals surface area contributed by atoms with E-state index in [2.05, 4.69) is 20.3 Å². The number of ether oxygens (including phenoxy) is 1. The second-order valence-electron chi connectivity index (χ2n) is 6.68. The fourth-order valence-corrected chi connectivity index (χ4v) is 3.96. The summed E-state index contributed by atoms with van der Waals surface area (Å²) in [5.74, 6) is 0.711. The van der Waals surface area contributed by atoms with Gasteiger partial charge in [-0.05, 0) is 66.1 Å². The molecule has 9 heteroatoms. The third-order valence-corrected chi connectivity index (χ3v) is 5.91. The number of rotatable bonds is 8. The minimum Gasteiger partial charge on any atom is -0.496 e. The minimum absolute atomic E-state index is 0.0858. The van der Waals surface area contributed by atoms with Crippen LogP contribution in [0.15, 0.2) is 71.9 Å². The summed E-state index contributed by atoms with van der Waals surface area (Å²) in [6.07, 6.45) is 4.03. The van der Waals surface area contributed by atoms with E-state index in [1.165, 1.54) is 24.3 Å². The van der Waals surface area contributed by atoms with Gasteiger partial charge in [-0.1, -0.05) is 13.0 Å². The highest BCUT2D eigenvalue weighted by Gasteiger charge is 2.15. The number of benzene rings is 2. The zero-order valence-electron chi connectivity index (χ0n) is 17.3. The summed E-state index contributed by atoms with van der Waals surface area (Å²) in [5, 5.41) is 5.38. The maximum atomic E-state index is 12.7. The number of urea groups is 1. The Morgan fingerprint density at radius 2 is 1.81 bits per heavy atom. The lowest BCUT2D eigenvalue weighted by atomic mass is 10.1. The Labute approximate surface area is 181 Å². The Morgan fingerprint density at radius 3 is 2.45 bits per heavy atom. The number of hydrogen-bond donors (Lipinski definition) is 3. The zero-order chi connectivity index (χ0) is 22.3. The number of pyridine rings is 1. The van der Waals surface area contributed by atoms with Crippen molar-refractivity contribution in [3.8, 4) is 5.75 Å². The number of carbonyl (C=O) groups is 1. The molecule has 162 valence electrons. The van der Waals surface area contributed by atoms with E-state index in [0.717, 1.165) is 11.1 Å². The molecule has 3 aromatic rings. The number of methoxy groups -OCH3 is 1. The number of amides is 2. The number of aromatic nitrogens is 1. The number of carbonyl (C=O) groups excluding carboxylic acids is 1. The first-order valence-corrected chi connectivity index (χ1v) is 11.1. The van der Waals surface area contributed by atoms with Crippen LogP contribution in [0.25, 0.3) is 0 Å². The standard InChI is InChI=1S/C22H24N4O4S/c1-3-17-13-19(8-11-21(17)30-2)26-31(28,29)20-9-6-18(7-10-20)25-22(27)24-15-16-5-4-12-23-14-16/h4-14,26H,3,15H2,1-2H3,(H2,24,25,27). The van der Waals surface area contributed by atoms with Crippen LogP contribution in [0.2, 0.25) is 0 Å². The lowest BCUT2D eigenvalue weighted by Gasteiger charge is -2.12. The van der Waals surface area contributed by atoms with Crippen molar-refractivity contribution in [1.82, 2.24) is 10.3 Å². The molecule has 0 aliphatic heterocycles. The van der Waals surface area contributed by atoms with Gasteiger partial charge in [-0.2, -0.15) is 0 Å². The number of hydrogen-bond acceptors (Lipinski definition) is 5. The number of anilines is 2. The molecule has 1 heterocycles. The number of nitrogens with one attached hydrogen (secondary N) is 3. The first kappa shape index (κ1) is 22.1. The summed E-state index contributed by atoms with van der Waals surface area (Å²) in [6, 6.07) is 14.3. The molecule has 0 unspecified atom stereocenters. The molecule has 3 rings (SSSR count). The maximum absolute atomic E-state index is 12.7. The smallest absolute Gasteiger partial charge is 0.319 e. The Balaban J connectivity index is 1.62. The largest absolute Gasteiger partial charge is 0.496 e. The van der Waals surface area contributed by atoms with Crippen LogP contribution < -0.4 is 20.1 Å². The lowest BCUT2D eigenvalue weighted by molar-refractivity contribution is 0.251. The number of sulfonamides is 1. The van der Waals surface area contributed by atoms with E-state index in [9.17, 15) is 13.2 Å². The molecule has 1 aromatic heterocycles. The van der Waals surface area contributed by atoms with E-state index < -0.39 is 16.1 Å². The summed E-state index contributed by atoms with van der Waals surface area (Å²) in [7, 11) is -2.20. The predicted octanol–water partition coefficient (Wildman–Crippen LogP) is 3.78. The second kappa shape index (κ2) is 9.94. The van der Waals surface area contributed by atoms with Gasteiger partial charge in [0.1, 0.15) is 5.75 Å². The Bertz CT molecular complexity index is 1130. The highest BCUT2D eigenvalue weighted by Crippen LogP contribution is 2.25. The molecule has 3 N–H and O–H groups in total. The van der Waals surface area contributed by atoms with Crippen LogP contribution in [0, 0.1) is 0 Å². The molecule has 0 radical (unpaired) electrons. The van der Waals surface area contributed by atoms with Crippen molar-refractivity contribution >= 4 is 27.4 Å². The van der Waals surface area contributed by atoms with E-state index in [1.807, 2.05) is 13.0 Å². The van der Waals surface area contributed by atoms with Crippen LogP contribution in [0.4, 0.5) is 16.2 Å². The van der Waals surface area contributed by atoms with Crippen LogP contribution in [0.1, 0.15) is 18.1 Å². The molecule has 0 aliphatic rings. The molecule has 2 aromatic carbocycles. The fraction of sp³-hybridized carbons (Fsp3) is 0.182. The van der Waals surface area contributed by atoms with Crippen LogP contribution in [0.3, 0.4) is 0 Å². The number of aryl methyl sites for hydroxylation is 1. The molecule has 0 bridgehead atoms. The molecule has 0 aliphatic carbocycles. The third-order valence-electron chi connectivity index (χ3n) is 4.51. The van der Waals surface area contributed by atoms with E-state index in [4.69, 9.17) is 4.74 Å². The fourth-order valence-electron chi connectivity index (χ4n) is 2.91. The van der Waals surface area contributed by atoms with E-state index in [0.29, 0.717) is 30.1 Å². The average Bonchev–Trinajstić information content (AvgIpc) is 2.78. The van der Waals surface area contributed by atoms with Crippen LogP contribution in [-0.2, 0) is 23.0 Å². The molecular formula is C22H24N4O4S. The quantitative estimate of drug-likeness (QED) is 0.494. The van der Waals surface area contributed by atoms with Crippen LogP contribution >= 0.6 is 0 Å². The predicted molar refractivity (Wildman–Crippen MR) is 120 cm³/mol. The highest BCUT2D eigenvalue weighted by molar-refractivity contribution is 7.92. The Hall–Kier alpha value is -3.59. The summed E-state index contributed by atoms with van der Waals surface area (Å²) in [5.41, 5.74) is 2.70. The first-order valence-electron chi connectivity index (χ1n) is 9.65. The molecule has 0 saturated heterocycles. The molecule has 0 spiro atoms. The van der Waals surface area contributed by atoms with Gasteiger partial charge in [0.25, 0.3) is 10.0 Å². The molecule has 31 heavy (non-hydrogen) atoms. The lowest BCUT2D eigenvalue weighted by Crippen LogP contribution is -2.28. The Kier molecular flexibility index (Phi) is 7.09. The summed E-state index contributed by atoms with van der Waals surface area (Å²) in [4.78, 5) is 16.1. The molecule has 0 saturated carbocycles. The van der Waals surface area contributed by atoms with Crippen LogP contribution in [-0.4, -0.2) is 26.5 Å². The van der Waals surface area contributed by atoms with Crippen molar-refractivity contribution in [2.75, 3.05) is 17.1 Å². The zero-order valence-corrected chi connectivity index (χ0v) is 18.1. The second-order valence-corrected chi connectivity index (χ2v) is 8.36. The van der Waals surface area contributed by atoms with E-state index >= 15 is 0 Å². The van der Waals surface area contributed by atoms with Crippen LogP contribution in [0.5, 0.6) is 5.75 Å². The summed E-state index contributed by atoms with van der Waals surface area (Å²) in [6.45, 7) is 2.30. The molecular weight excluding hydrogens is 416 g/mol. The molecule has 0 fully saturated rings. The molecule has 2 amide bonds. The van der Waals surface area contributed by atoms with Gasteiger partial charge >= 0.3 is 6.03 Å². The highest BCUT2D eigenvalue weighted by atomic mass is 32.2. The summed E-state index contributed by atoms with van der Waals surface area (Å²) < 4.78 is 33.2. The van der Waals surface area contributed by atoms with Gasteiger partial charge in [0.2, 0.25) is 0 Å². The van der Waals surface area contributed by atoms with Gasteiger partial charge in [-0.25, -0.2) is 13.2 Å². The van der Waals surface area contributed by atoms with Crippen molar-refractivity contribution in [1.29, 1.82) is 0 Å². The average molecular weight is 441 g/mol. The monoisotopic (exact) mass is 440 g/mol. The SMILES string of the molecule is CCc1cc(NS(=O)(=O)c2ccc(NC(=O)NCc3cccnc3)cc2)ccc1OC. The van der Waals surface area contributed by atoms with Crippen molar-refractivity contribution < 1.29 is 17.9 Å². The maximum Gasteiger partial charge on any atom is 0.319 e. The van der Waals surface area contributed by atoms with Gasteiger partial charge in [-0.3, -0.25) is 9.71 Å². The van der Waals surface area contributed by atoms with E-state index in [-0.39, 0.29) is 4.90 Å². The Morgan fingerprint density at radius 1 is 1.06 bits per heavy atom. The molecule has 0 atom stereocenters. The third kappa shape index (κ3) is 5.95.